The molecule has 120 valence electrons. The summed E-state index contributed by atoms with van der Waals surface area (Å²) < 4.78 is 1.74. The standard InChI is InChI=1S/C15H23N5OS/c1-8-9(2)16-13-17-14(19-20(13)10(8)3)22-11(4)12(21)18-15(5,6)7/h11H,1-7H3,(H,18,21). The summed E-state index contributed by atoms with van der Waals surface area (Å²) in [5.41, 5.74) is 2.83. The molecule has 0 aliphatic heterocycles. The van der Waals surface area contributed by atoms with Crippen LogP contribution in [0.15, 0.2) is 5.16 Å². The predicted octanol–water partition coefficient (Wildman–Crippen LogP) is 2.44. The van der Waals surface area contributed by atoms with E-state index in [0.29, 0.717) is 10.9 Å². The monoisotopic (exact) mass is 321 g/mol. The Labute approximate surface area is 135 Å². The van der Waals surface area contributed by atoms with Gasteiger partial charge >= 0.3 is 0 Å². The van der Waals surface area contributed by atoms with Crippen LogP contribution in [0.25, 0.3) is 5.78 Å². The van der Waals surface area contributed by atoms with Crippen molar-refractivity contribution in [2.75, 3.05) is 0 Å². The third kappa shape index (κ3) is 3.58. The van der Waals surface area contributed by atoms with Gasteiger partial charge in [0, 0.05) is 16.9 Å². The molecule has 0 bridgehead atoms. The first kappa shape index (κ1) is 16.7. The van der Waals surface area contributed by atoms with Gasteiger partial charge in [-0.3, -0.25) is 4.79 Å². The van der Waals surface area contributed by atoms with Crippen molar-refractivity contribution in [2.24, 2.45) is 0 Å². The molecule has 1 N–H and O–H groups in total. The molecule has 0 aliphatic rings. The van der Waals surface area contributed by atoms with Gasteiger partial charge in [0.25, 0.3) is 5.78 Å². The lowest BCUT2D eigenvalue weighted by atomic mass is 10.1. The van der Waals surface area contributed by atoms with Gasteiger partial charge in [-0.25, -0.2) is 9.50 Å². The number of aromatic nitrogens is 4. The summed E-state index contributed by atoms with van der Waals surface area (Å²) >= 11 is 1.34. The topological polar surface area (TPSA) is 72.2 Å². The highest BCUT2D eigenvalue weighted by molar-refractivity contribution is 8.00. The van der Waals surface area contributed by atoms with Gasteiger partial charge in [-0.2, -0.15) is 4.98 Å². The Hall–Kier alpha value is -1.63. The molecule has 1 amide bonds. The van der Waals surface area contributed by atoms with Crippen LogP contribution < -0.4 is 5.32 Å². The third-order valence-electron chi connectivity index (χ3n) is 3.39. The zero-order chi connectivity index (χ0) is 16.7. The number of fused-ring (bicyclic) bond motifs is 1. The zero-order valence-electron chi connectivity index (χ0n) is 14.2. The fourth-order valence-corrected chi connectivity index (χ4v) is 2.72. The van der Waals surface area contributed by atoms with E-state index in [1.165, 1.54) is 11.8 Å². The van der Waals surface area contributed by atoms with Gasteiger partial charge < -0.3 is 5.32 Å². The van der Waals surface area contributed by atoms with E-state index in [1.54, 1.807) is 4.52 Å². The summed E-state index contributed by atoms with van der Waals surface area (Å²) in [5.74, 6) is 0.555. The van der Waals surface area contributed by atoms with Crippen LogP contribution in [0.4, 0.5) is 0 Å². The molecule has 6 nitrogen and oxygen atoms in total. The maximum absolute atomic E-state index is 12.1. The summed E-state index contributed by atoms with van der Waals surface area (Å²) in [7, 11) is 0. The van der Waals surface area contributed by atoms with Gasteiger partial charge in [0.1, 0.15) is 0 Å². The molecule has 2 rings (SSSR count). The fourth-order valence-electron chi connectivity index (χ4n) is 1.97. The molecule has 2 aromatic rings. The van der Waals surface area contributed by atoms with Gasteiger partial charge in [0.05, 0.1) is 5.25 Å². The highest BCUT2D eigenvalue weighted by Crippen LogP contribution is 2.22. The predicted molar refractivity (Wildman–Crippen MR) is 88.2 cm³/mol. The van der Waals surface area contributed by atoms with Crippen molar-refractivity contribution in [1.82, 2.24) is 24.9 Å². The highest BCUT2D eigenvalue weighted by Gasteiger charge is 2.22. The molecule has 2 aromatic heterocycles. The normalized spacial score (nSPS) is 13.4. The molecule has 0 spiro atoms. The van der Waals surface area contributed by atoms with Crippen LogP contribution in [0.2, 0.25) is 0 Å². The van der Waals surface area contributed by atoms with Gasteiger partial charge in [-0.15, -0.1) is 5.10 Å². The van der Waals surface area contributed by atoms with Crippen molar-refractivity contribution in [2.45, 2.75) is 64.4 Å². The molecule has 2 heterocycles. The number of rotatable bonds is 3. The van der Waals surface area contributed by atoms with E-state index in [1.807, 2.05) is 48.5 Å². The minimum absolute atomic E-state index is 0.0200. The third-order valence-corrected chi connectivity index (χ3v) is 4.34. The second kappa shape index (κ2) is 5.87. The number of hydrogen-bond donors (Lipinski definition) is 1. The van der Waals surface area contributed by atoms with E-state index in [-0.39, 0.29) is 16.7 Å². The second-order valence-corrected chi connectivity index (χ2v) is 7.82. The van der Waals surface area contributed by atoms with Crippen LogP contribution in [-0.2, 0) is 4.79 Å². The minimum Gasteiger partial charge on any atom is -0.351 e. The van der Waals surface area contributed by atoms with Crippen molar-refractivity contribution in [3.05, 3.63) is 17.0 Å². The van der Waals surface area contributed by atoms with Gasteiger partial charge in [-0.1, -0.05) is 11.8 Å². The number of aryl methyl sites for hydroxylation is 2. The summed E-state index contributed by atoms with van der Waals surface area (Å²) in [6.45, 7) is 13.7. The van der Waals surface area contributed by atoms with Crippen LogP contribution in [0.1, 0.15) is 44.6 Å². The Morgan fingerprint density at radius 2 is 1.86 bits per heavy atom. The number of nitrogens with one attached hydrogen (secondary N) is 1. The summed E-state index contributed by atoms with van der Waals surface area (Å²) in [6.07, 6.45) is 0. The van der Waals surface area contributed by atoms with E-state index in [9.17, 15) is 4.79 Å². The minimum atomic E-state index is -0.265. The first-order chi connectivity index (χ1) is 10.1. The summed E-state index contributed by atoms with van der Waals surface area (Å²) in [4.78, 5) is 21.0. The van der Waals surface area contributed by atoms with E-state index < -0.39 is 0 Å². The fraction of sp³-hybridized carbons (Fsp3) is 0.600. The first-order valence-corrected chi connectivity index (χ1v) is 8.15. The van der Waals surface area contributed by atoms with Crippen LogP contribution in [0.5, 0.6) is 0 Å². The van der Waals surface area contributed by atoms with Crippen LogP contribution in [0.3, 0.4) is 0 Å². The van der Waals surface area contributed by atoms with E-state index in [2.05, 4.69) is 20.4 Å². The Bertz CT molecular complexity index is 717. The second-order valence-electron chi connectivity index (χ2n) is 6.51. The molecule has 7 heteroatoms. The number of carbonyl (C=O) groups excluding carboxylic acids is 1. The first-order valence-electron chi connectivity index (χ1n) is 7.28. The molecule has 0 fully saturated rings. The molecular weight excluding hydrogens is 298 g/mol. The largest absolute Gasteiger partial charge is 0.351 e. The van der Waals surface area contributed by atoms with E-state index in [4.69, 9.17) is 0 Å². The Kier molecular flexibility index (Phi) is 4.47. The maximum atomic E-state index is 12.1. The lowest BCUT2D eigenvalue weighted by molar-refractivity contribution is -0.121. The van der Waals surface area contributed by atoms with E-state index >= 15 is 0 Å². The maximum Gasteiger partial charge on any atom is 0.253 e. The molecule has 0 saturated carbocycles. The lowest BCUT2D eigenvalue weighted by Gasteiger charge is -2.22. The van der Waals surface area contributed by atoms with Crippen molar-refractivity contribution in [3.63, 3.8) is 0 Å². The summed E-state index contributed by atoms with van der Waals surface area (Å²) in [6, 6.07) is 0. The lowest BCUT2D eigenvalue weighted by Crippen LogP contribution is -2.44. The van der Waals surface area contributed by atoms with Crippen molar-refractivity contribution in [1.29, 1.82) is 0 Å². The van der Waals surface area contributed by atoms with Gasteiger partial charge in [0.15, 0.2) is 0 Å². The average Bonchev–Trinajstić information content (AvgIpc) is 2.76. The van der Waals surface area contributed by atoms with Crippen molar-refractivity contribution >= 4 is 23.4 Å². The number of carbonyl (C=O) groups is 1. The Balaban J connectivity index is 2.22. The number of amides is 1. The zero-order valence-corrected chi connectivity index (χ0v) is 15.0. The molecule has 0 saturated heterocycles. The molecule has 1 unspecified atom stereocenters. The summed E-state index contributed by atoms with van der Waals surface area (Å²) in [5, 5.41) is 7.73. The average molecular weight is 321 g/mol. The molecule has 0 radical (unpaired) electrons. The Morgan fingerprint density at radius 1 is 1.23 bits per heavy atom. The Morgan fingerprint density at radius 3 is 2.45 bits per heavy atom. The van der Waals surface area contributed by atoms with Crippen molar-refractivity contribution in [3.8, 4) is 0 Å². The number of nitrogens with zero attached hydrogens (tertiary/aromatic N) is 4. The van der Waals surface area contributed by atoms with Crippen LogP contribution in [0, 0.1) is 20.8 Å². The number of hydrogen-bond acceptors (Lipinski definition) is 5. The molecule has 0 aliphatic carbocycles. The molecule has 1 atom stereocenters. The van der Waals surface area contributed by atoms with E-state index in [0.717, 1.165) is 17.0 Å². The SMILES string of the molecule is Cc1nc2nc(SC(C)C(=O)NC(C)(C)C)nn2c(C)c1C. The molecular formula is C15H23N5OS. The van der Waals surface area contributed by atoms with Gasteiger partial charge in [0.2, 0.25) is 11.1 Å². The van der Waals surface area contributed by atoms with Gasteiger partial charge in [-0.05, 0) is 54.0 Å². The highest BCUT2D eigenvalue weighted by atomic mass is 32.2. The smallest absolute Gasteiger partial charge is 0.253 e. The van der Waals surface area contributed by atoms with Crippen LogP contribution in [-0.4, -0.2) is 36.3 Å². The quantitative estimate of drug-likeness (QED) is 0.879. The molecule has 22 heavy (non-hydrogen) atoms. The molecule has 0 aromatic carbocycles. The van der Waals surface area contributed by atoms with Crippen LogP contribution >= 0.6 is 11.8 Å². The van der Waals surface area contributed by atoms with Crippen molar-refractivity contribution < 1.29 is 4.79 Å². The number of thioether (sulfide) groups is 1.